The van der Waals surface area contributed by atoms with E-state index in [0.717, 1.165) is 25.7 Å². The van der Waals surface area contributed by atoms with E-state index in [1.54, 1.807) is 20.8 Å². The Hall–Kier alpha value is -2.09. The maximum atomic E-state index is 13.1. The Kier molecular flexibility index (Phi) is 9.45. The van der Waals surface area contributed by atoms with Crippen LogP contribution in [0, 0.1) is 0 Å². The van der Waals surface area contributed by atoms with Crippen molar-refractivity contribution in [3.63, 3.8) is 0 Å². The van der Waals surface area contributed by atoms with E-state index in [9.17, 15) is 19.5 Å². The Morgan fingerprint density at radius 2 is 1.96 bits per heavy atom. The second-order valence-corrected chi connectivity index (χ2v) is 8.04. The first-order valence-electron chi connectivity index (χ1n) is 9.75. The summed E-state index contributed by atoms with van der Waals surface area (Å²) < 4.78 is 10.0. The Balaban J connectivity index is 2.85. The van der Waals surface area contributed by atoms with Crippen LogP contribution in [0.2, 0.25) is 0 Å². The molecule has 2 amide bonds. The highest BCUT2D eigenvalue weighted by atomic mass is 16.6. The van der Waals surface area contributed by atoms with E-state index in [-0.39, 0.29) is 13.0 Å². The molecule has 28 heavy (non-hydrogen) atoms. The van der Waals surface area contributed by atoms with Crippen molar-refractivity contribution >= 4 is 18.0 Å². The minimum absolute atomic E-state index is 0.0293. The number of rotatable bonds is 9. The van der Waals surface area contributed by atoms with Crippen molar-refractivity contribution in [3.05, 3.63) is 12.7 Å². The number of allylic oxidation sites excluding steroid dienone is 1. The first-order chi connectivity index (χ1) is 13.1. The molecule has 0 aromatic heterocycles. The maximum absolute atomic E-state index is 13.1. The van der Waals surface area contributed by atoms with E-state index in [1.165, 1.54) is 12.0 Å². The number of β-amino-alcohol motifs (C(OH)–C–C–N with tert-alkyl or cyclic N) is 1. The number of aliphatic hydroxyl groups is 1. The minimum Gasteiger partial charge on any atom is -0.467 e. The molecule has 0 aromatic rings. The van der Waals surface area contributed by atoms with Gasteiger partial charge in [-0.3, -0.25) is 4.79 Å². The molecule has 0 aliphatic carbocycles. The number of nitrogens with zero attached hydrogens (tertiary/aromatic N) is 1. The van der Waals surface area contributed by atoms with Gasteiger partial charge in [0.1, 0.15) is 17.7 Å². The molecule has 1 saturated heterocycles. The van der Waals surface area contributed by atoms with Crippen LogP contribution < -0.4 is 5.32 Å². The molecular formula is C20H34N2O6. The van der Waals surface area contributed by atoms with Crippen LogP contribution in [0.4, 0.5) is 4.79 Å². The van der Waals surface area contributed by atoms with Crippen molar-refractivity contribution in [1.29, 1.82) is 0 Å². The van der Waals surface area contributed by atoms with Crippen molar-refractivity contribution in [3.8, 4) is 0 Å². The van der Waals surface area contributed by atoms with Gasteiger partial charge in [0.05, 0.1) is 13.2 Å². The lowest BCUT2D eigenvalue weighted by molar-refractivity contribution is -0.151. The molecule has 1 fully saturated rings. The topological polar surface area (TPSA) is 105 Å². The number of carbonyl (C=O) groups excluding carboxylic acids is 3. The van der Waals surface area contributed by atoms with Crippen molar-refractivity contribution in [2.75, 3.05) is 13.7 Å². The zero-order valence-electron chi connectivity index (χ0n) is 17.4. The highest BCUT2D eigenvalue weighted by Gasteiger charge is 2.42. The fourth-order valence-electron chi connectivity index (χ4n) is 3.14. The highest BCUT2D eigenvalue weighted by Crippen LogP contribution is 2.22. The van der Waals surface area contributed by atoms with Crippen LogP contribution in [0.5, 0.6) is 0 Å². The van der Waals surface area contributed by atoms with Crippen LogP contribution in [0.15, 0.2) is 12.7 Å². The summed E-state index contributed by atoms with van der Waals surface area (Å²) in [5.41, 5.74) is -0.694. The molecule has 2 N–H and O–H groups in total. The summed E-state index contributed by atoms with van der Waals surface area (Å²) in [6, 6.07) is -1.69. The molecule has 1 aliphatic heterocycles. The lowest BCUT2D eigenvalue weighted by atomic mass is 10.1. The Bertz CT molecular complexity index is 557. The number of alkyl carbamates (subject to hydrolysis) is 1. The number of amides is 2. The SMILES string of the molecule is C=CCCCCCC(NC(=O)OC(C)(C)C)C(=O)N1CC(O)CC1C(=O)OC. The van der Waals surface area contributed by atoms with Crippen LogP contribution in [0.1, 0.15) is 59.3 Å². The van der Waals surface area contributed by atoms with E-state index in [2.05, 4.69) is 11.9 Å². The number of ether oxygens (including phenoxy) is 2. The van der Waals surface area contributed by atoms with Gasteiger partial charge in [0.15, 0.2) is 0 Å². The summed E-state index contributed by atoms with van der Waals surface area (Å²) in [4.78, 5) is 38.5. The number of aliphatic hydroxyl groups excluding tert-OH is 1. The monoisotopic (exact) mass is 398 g/mol. The highest BCUT2D eigenvalue weighted by molar-refractivity contribution is 5.90. The zero-order chi connectivity index (χ0) is 21.3. The second kappa shape index (κ2) is 11.0. The maximum Gasteiger partial charge on any atom is 0.408 e. The van der Waals surface area contributed by atoms with Crippen molar-refractivity contribution < 1.29 is 29.0 Å². The third-order valence-corrected chi connectivity index (χ3v) is 4.43. The summed E-state index contributed by atoms with van der Waals surface area (Å²) in [6.45, 7) is 8.93. The van der Waals surface area contributed by atoms with Crippen LogP contribution >= 0.6 is 0 Å². The minimum atomic E-state index is -0.851. The molecule has 160 valence electrons. The van der Waals surface area contributed by atoms with Gasteiger partial charge in [-0.15, -0.1) is 6.58 Å². The van der Waals surface area contributed by atoms with Crippen LogP contribution in [0.3, 0.4) is 0 Å². The number of unbranched alkanes of at least 4 members (excludes halogenated alkanes) is 3. The molecule has 8 nitrogen and oxygen atoms in total. The lowest BCUT2D eigenvalue weighted by Gasteiger charge is -2.28. The summed E-state index contributed by atoms with van der Waals surface area (Å²) >= 11 is 0. The van der Waals surface area contributed by atoms with Gasteiger partial charge in [-0.05, 0) is 40.0 Å². The van der Waals surface area contributed by atoms with Crippen LogP contribution in [-0.4, -0.2) is 65.4 Å². The van der Waals surface area contributed by atoms with E-state index >= 15 is 0 Å². The Morgan fingerprint density at radius 1 is 1.29 bits per heavy atom. The van der Waals surface area contributed by atoms with Gasteiger partial charge in [-0.25, -0.2) is 9.59 Å². The Labute approximate surface area is 167 Å². The summed E-state index contributed by atoms with van der Waals surface area (Å²) in [6.07, 6.45) is 4.33. The second-order valence-electron chi connectivity index (χ2n) is 8.04. The number of nitrogens with one attached hydrogen (secondary N) is 1. The fraction of sp³-hybridized carbons (Fsp3) is 0.750. The number of likely N-dealkylation sites (tertiary alicyclic amines) is 1. The molecule has 1 aliphatic rings. The predicted octanol–water partition coefficient (Wildman–Crippen LogP) is 2.15. The van der Waals surface area contributed by atoms with E-state index in [4.69, 9.17) is 9.47 Å². The van der Waals surface area contributed by atoms with Gasteiger partial charge >= 0.3 is 12.1 Å². The third kappa shape index (κ3) is 7.88. The molecule has 0 spiro atoms. The standard InChI is InChI=1S/C20H34N2O6/c1-6-7-8-9-10-11-15(21-19(26)28-20(2,3)4)17(24)22-13-14(23)12-16(22)18(25)27-5/h6,14-16,23H,1,7-13H2,2-5H3,(H,21,26). The summed E-state index contributed by atoms with van der Waals surface area (Å²) in [7, 11) is 1.24. The molecule has 0 bridgehead atoms. The molecule has 3 unspecified atom stereocenters. The number of esters is 1. The van der Waals surface area contributed by atoms with Gasteiger partial charge in [0, 0.05) is 13.0 Å². The quantitative estimate of drug-likeness (QED) is 0.350. The van der Waals surface area contributed by atoms with Gasteiger partial charge in [0.2, 0.25) is 5.91 Å². The van der Waals surface area contributed by atoms with E-state index in [0.29, 0.717) is 6.42 Å². The number of hydrogen-bond acceptors (Lipinski definition) is 6. The third-order valence-electron chi connectivity index (χ3n) is 4.43. The molecule has 3 atom stereocenters. The fourth-order valence-corrected chi connectivity index (χ4v) is 3.14. The normalized spacial score (nSPS) is 20.4. The molecule has 8 heteroatoms. The average molecular weight is 399 g/mol. The van der Waals surface area contributed by atoms with Gasteiger partial charge in [-0.2, -0.15) is 0 Å². The number of carbonyl (C=O) groups is 3. The van der Waals surface area contributed by atoms with Gasteiger partial charge in [-0.1, -0.05) is 18.9 Å². The van der Waals surface area contributed by atoms with E-state index in [1.807, 2.05) is 6.08 Å². The lowest BCUT2D eigenvalue weighted by Crippen LogP contribution is -2.52. The molecule has 0 saturated carbocycles. The average Bonchev–Trinajstić information content (AvgIpc) is 2.99. The predicted molar refractivity (Wildman–Crippen MR) is 105 cm³/mol. The summed E-state index contributed by atoms with van der Waals surface area (Å²) in [5.74, 6) is -0.992. The van der Waals surface area contributed by atoms with Crippen LogP contribution in [0.25, 0.3) is 0 Å². The van der Waals surface area contributed by atoms with Crippen molar-refractivity contribution in [2.45, 2.75) is 83.1 Å². The molecule has 1 heterocycles. The van der Waals surface area contributed by atoms with Crippen LogP contribution in [-0.2, 0) is 19.1 Å². The number of methoxy groups -OCH3 is 1. The van der Waals surface area contributed by atoms with E-state index < -0.39 is 41.8 Å². The largest absolute Gasteiger partial charge is 0.467 e. The number of hydrogen-bond donors (Lipinski definition) is 2. The smallest absolute Gasteiger partial charge is 0.408 e. The summed E-state index contributed by atoms with van der Waals surface area (Å²) in [5, 5.41) is 12.6. The van der Waals surface area contributed by atoms with Crippen molar-refractivity contribution in [1.82, 2.24) is 10.2 Å². The molecule has 0 aromatic carbocycles. The van der Waals surface area contributed by atoms with Crippen molar-refractivity contribution in [2.24, 2.45) is 0 Å². The molecule has 1 rings (SSSR count). The first kappa shape index (κ1) is 23.9. The first-order valence-corrected chi connectivity index (χ1v) is 9.75. The van der Waals surface area contributed by atoms with Gasteiger partial charge in [0.25, 0.3) is 0 Å². The molecular weight excluding hydrogens is 364 g/mol. The van der Waals surface area contributed by atoms with Gasteiger partial charge < -0.3 is 24.8 Å². The Morgan fingerprint density at radius 3 is 2.54 bits per heavy atom. The molecule has 0 radical (unpaired) electrons. The zero-order valence-corrected chi connectivity index (χ0v) is 17.4.